The lowest BCUT2D eigenvalue weighted by atomic mass is 10.1. The summed E-state index contributed by atoms with van der Waals surface area (Å²) in [5.74, 6) is 1.37. The molecule has 11 heteroatoms. The molecule has 1 saturated heterocycles. The van der Waals surface area contributed by atoms with Gasteiger partial charge in [0.05, 0.1) is 17.0 Å². The fourth-order valence-corrected chi connectivity index (χ4v) is 2.97. The van der Waals surface area contributed by atoms with Crippen molar-refractivity contribution < 1.29 is 18.9 Å². The summed E-state index contributed by atoms with van der Waals surface area (Å²) in [5.41, 5.74) is 0.0639. The number of benzene rings is 1. The predicted molar refractivity (Wildman–Crippen MR) is 92.9 cm³/mol. The Labute approximate surface area is 155 Å². The first-order valence-electron chi connectivity index (χ1n) is 7.96. The van der Waals surface area contributed by atoms with Gasteiger partial charge in [-0.25, -0.2) is 0 Å². The molecule has 0 saturated carbocycles. The predicted octanol–water partition coefficient (Wildman–Crippen LogP) is 1.41. The number of hydrogen-bond donors (Lipinski definition) is 1. The average molecular weight is 384 g/mol. The molecule has 1 aromatic heterocycles. The summed E-state index contributed by atoms with van der Waals surface area (Å²) in [5, 5.41) is 18.7. The summed E-state index contributed by atoms with van der Waals surface area (Å²) in [4.78, 5) is 17.4. The maximum absolute atomic E-state index is 11.4. The number of piperazine rings is 1. The zero-order chi connectivity index (χ0) is 17.4. The minimum atomic E-state index is -0.494. The van der Waals surface area contributed by atoms with Crippen molar-refractivity contribution >= 4 is 18.1 Å². The maximum atomic E-state index is 11.4. The number of ether oxygens (including phenoxy) is 2. The highest BCUT2D eigenvalue weighted by Gasteiger charge is 2.29. The zero-order valence-electron chi connectivity index (χ0n) is 14.0. The van der Waals surface area contributed by atoms with Gasteiger partial charge in [0, 0.05) is 25.7 Å². The second kappa shape index (κ2) is 7.44. The molecule has 2 aromatic rings. The van der Waals surface area contributed by atoms with Gasteiger partial charge in [0.25, 0.3) is 11.6 Å². The molecule has 0 radical (unpaired) electrons. The number of aromatic nitrogens is 2. The number of fused-ring (bicyclic) bond motifs is 1. The van der Waals surface area contributed by atoms with E-state index in [0.29, 0.717) is 37.1 Å². The first-order valence-corrected chi connectivity index (χ1v) is 7.96. The lowest BCUT2D eigenvalue weighted by Crippen LogP contribution is -2.44. The van der Waals surface area contributed by atoms with E-state index in [0.717, 1.165) is 13.1 Å². The molecule has 1 aromatic carbocycles. The molecular formula is C15H18ClN5O5. The van der Waals surface area contributed by atoms with Crippen LogP contribution in [0.1, 0.15) is 11.9 Å². The molecule has 2 aliphatic rings. The molecule has 1 unspecified atom stereocenters. The van der Waals surface area contributed by atoms with E-state index in [2.05, 4.69) is 20.4 Å². The van der Waals surface area contributed by atoms with Crippen LogP contribution in [0.25, 0.3) is 11.5 Å². The smallest absolute Gasteiger partial charge is 0.286 e. The van der Waals surface area contributed by atoms with Crippen LogP contribution in [0.5, 0.6) is 11.5 Å². The van der Waals surface area contributed by atoms with Gasteiger partial charge in [-0.2, -0.15) is 4.98 Å². The Balaban J connectivity index is 0.00000196. The molecule has 1 atom stereocenters. The van der Waals surface area contributed by atoms with Gasteiger partial charge in [0.2, 0.25) is 0 Å². The standard InChI is InChI=1S/C15H17N5O5.ClH/c1-19-3-2-16-8-11(19)14-17-15(25-18-14)9-6-12-13(24-5-4-23-12)7-10(9)20(21)22;/h6-7,11,16H,2-5,8H2,1H3;1H. The van der Waals surface area contributed by atoms with Crippen molar-refractivity contribution in [2.75, 3.05) is 39.9 Å². The Kier molecular flexibility index (Phi) is 5.25. The zero-order valence-corrected chi connectivity index (χ0v) is 14.8. The third kappa shape index (κ3) is 3.30. The maximum Gasteiger partial charge on any atom is 0.286 e. The number of nitro groups is 1. The van der Waals surface area contributed by atoms with E-state index in [4.69, 9.17) is 14.0 Å². The van der Waals surface area contributed by atoms with E-state index >= 15 is 0 Å². The van der Waals surface area contributed by atoms with Crippen LogP contribution in [0, 0.1) is 10.1 Å². The van der Waals surface area contributed by atoms with Crippen molar-refractivity contribution in [3.8, 4) is 23.0 Å². The van der Waals surface area contributed by atoms with Crippen LogP contribution in [-0.2, 0) is 0 Å². The van der Waals surface area contributed by atoms with Crippen LogP contribution in [-0.4, -0.2) is 59.9 Å². The fourth-order valence-electron chi connectivity index (χ4n) is 2.97. The molecule has 140 valence electrons. The Morgan fingerprint density at radius 3 is 2.73 bits per heavy atom. The third-order valence-electron chi connectivity index (χ3n) is 4.34. The molecular weight excluding hydrogens is 366 g/mol. The van der Waals surface area contributed by atoms with Gasteiger partial charge in [-0.05, 0) is 7.05 Å². The molecule has 0 amide bonds. The Hall–Kier alpha value is -2.43. The first-order chi connectivity index (χ1) is 12.1. The van der Waals surface area contributed by atoms with Crippen molar-refractivity contribution in [3.05, 3.63) is 28.1 Å². The van der Waals surface area contributed by atoms with Crippen LogP contribution in [0.2, 0.25) is 0 Å². The van der Waals surface area contributed by atoms with E-state index < -0.39 is 4.92 Å². The Morgan fingerprint density at radius 1 is 1.31 bits per heavy atom. The van der Waals surface area contributed by atoms with Crippen LogP contribution in [0.15, 0.2) is 16.7 Å². The average Bonchev–Trinajstić information content (AvgIpc) is 3.10. The van der Waals surface area contributed by atoms with Crippen molar-refractivity contribution in [2.45, 2.75) is 6.04 Å². The second-order valence-corrected chi connectivity index (χ2v) is 5.93. The summed E-state index contributed by atoms with van der Waals surface area (Å²) >= 11 is 0. The summed E-state index contributed by atoms with van der Waals surface area (Å²) in [6.45, 7) is 3.19. The summed E-state index contributed by atoms with van der Waals surface area (Å²) in [6.07, 6.45) is 0. The number of nitrogens with zero attached hydrogens (tertiary/aromatic N) is 4. The minimum Gasteiger partial charge on any atom is -0.486 e. The topological polar surface area (TPSA) is 116 Å². The van der Waals surface area contributed by atoms with Gasteiger partial charge in [-0.15, -0.1) is 12.4 Å². The highest BCUT2D eigenvalue weighted by atomic mass is 35.5. The number of rotatable bonds is 3. The van der Waals surface area contributed by atoms with Crippen molar-refractivity contribution in [3.63, 3.8) is 0 Å². The summed E-state index contributed by atoms with van der Waals surface area (Å²) < 4.78 is 16.2. The van der Waals surface area contributed by atoms with E-state index in [1.165, 1.54) is 12.1 Å². The van der Waals surface area contributed by atoms with Crippen LogP contribution in [0.3, 0.4) is 0 Å². The lowest BCUT2D eigenvalue weighted by Gasteiger charge is -2.30. The van der Waals surface area contributed by atoms with Crippen molar-refractivity contribution in [1.82, 2.24) is 20.4 Å². The first kappa shape index (κ1) is 18.4. The molecule has 0 aliphatic carbocycles. The van der Waals surface area contributed by atoms with Crippen LogP contribution in [0.4, 0.5) is 5.69 Å². The monoisotopic (exact) mass is 383 g/mol. The lowest BCUT2D eigenvalue weighted by molar-refractivity contribution is -0.384. The molecule has 1 fully saturated rings. The quantitative estimate of drug-likeness (QED) is 0.620. The van der Waals surface area contributed by atoms with Gasteiger partial charge in [0.1, 0.15) is 18.8 Å². The number of likely N-dealkylation sites (N-methyl/N-ethyl adjacent to an activating group) is 1. The van der Waals surface area contributed by atoms with E-state index in [1.54, 1.807) is 0 Å². The summed E-state index contributed by atoms with van der Waals surface area (Å²) in [7, 11) is 1.98. The number of nitro benzene ring substituents is 1. The van der Waals surface area contributed by atoms with Gasteiger partial charge in [0.15, 0.2) is 17.3 Å². The highest BCUT2D eigenvalue weighted by Crippen LogP contribution is 2.41. The van der Waals surface area contributed by atoms with Crippen molar-refractivity contribution in [2.24, 2.45) is 0 Å². The van der Waals surface area contributed by atoms with E-state index in [9.17, 15) is 10.1 Å². The van der Waals surface area contributed by atoms with Gasteiger partial charge in [-0.3, -0.25) is 15.0 Å². The molecule has 3 heterocycles. The fraction of sp³-hybridized carbons (Fsp3) is 0.467. The molecule has 2 aliphatic heterocycles. The molecule has 1 N–H and O–H groups in total. The largest absolute Gasteiger partial charge is 0.486 e. The third-order valence-corrected chi connectivity index (χ3v) is 4.34. The highest BCUT2D eigenvalue weighted by molar-refractivity contribution is 5.85. The Bertz CT molecular complexity index is 814. The normalized spacial score (nSPS) is 19.7. The van der Waals surface area contributed by atoms with Gasteiger partial charge in [-0.1, -0.05) is 5.16 Å². The molecule has 26 heavy (non-hydrogen) atoms. The van der Waals surface area contributed by atoms with Gasteiger partial charge >= 0.3 is 0 Å². The summed E-state index contributed by atoms with van der Waals surface area (Å²) in [6, 6.07) is 2.82. The van der Waals surface area contributed by atoms with E-state index in [1.807, 2.05) is 7.05 Å². The number of halogens is 1. The molecule has 0 spiro atoms. The SMILES string of the molecule is CN1CCNCC1c1noc(-c2cc3c(cc2[N+](=O)[O-])OCCO3)n1.Cl. The van der Waals surface area contributed by atoms with Crippen molar-refractivity contribution in [1.29, 1.82) is 0 Å². The minimum absolute atomic E-state index is 0. The second-order valence-electron chi connectivity index (χ2n) is 5.93. The van der Waals surface area contributed by atoms with Crippen LogP contribution >= 0.6 is 12.4 Å². The van der Waals surface area contributed by atoms with Crippen LogP contribution < -0.4 is 14.8 Å². The van der Waals surface area contributed by atoms with Gasteiger partial charge < -0.3 is 19.3 Å². The molecule has 4 rings (SSSR count). The Morgan fingerprint density at radius 2 is 2.04 bits per heavy atom. The molecule has 10 nitrogen and oxygen atoms in total. The number of nitrogens with one attached hydrogen (secondary N) is 1. The van der Waals surface area contributed by atoms with E-state index in [-0.39, 0.29) is 35.6 Å². The molecule has 0 bridgehead atoms. The number of hydrogen-bond acceptors (Lipinski definition) is 9.